The van der Waals surface area contributed by atoms with Crippen LogP contribution >= 0.6 is 23.2 Å². The predicted molar refractivity (Wildman–Crippen MR) is 150 cm³/mol. The summed E-state index contributed by atoms with van der Waals surface area (Å²) in [5.41, 5.74) is 2.72. The van der Waals surface area contributed by atoms with E-state index in [0.717, 1.165) is 17.4 Å². The SMILES string of the molecule is Cc1ccc(Cl)cc1NS(=O)(=O)c1ccc(NC(=O)CCCN(c2cc(Cl)ccc2C)S(C)(=O)=O)cc1. The van der Waals surface area contributed by atoms with Gasteiger partial charge in [-0.2, -0.15) is 0 Å². The average Bonchev–Trinajstić information content (AvgIpc) is 2.80. The highest BCUT2D eigenvalue weighted by Gasteiger charge is 2.20. The molecule has 37 heavy (non-hydrogen) atoms. The average molecular weight is 585 g/mol. The maximum absolute atomic E-state index is 12.7. The van der Waals surface area contributed by atoms with E-state index in [9.17, 15) is 21.6 Å². The molecule has 12 heteroatoms. The van der Waals surface area contributed by atoms with E-state index in [-0.39, 0.29) is 30.2 Å². The Hall–Kier alpha value is -2.79. The Morgan fingerprint density at radius 3 is 2.08 bits per heavy atom. The van der Waals surface area contributed by atoms with Crippen LogP contribution in [-0.2, 0) is 24.8 Å². The Morgan fingerprint density at radius 2 is 1.46 bits per heavy atom. The highest BCUT2D eigenvalue weighted by Crippen LogP contribution is 2.27. The maximum atomic E-state index is 12.7. The molecule has 0 aromatic heterocycles. The highest BCUT2D eigenvalue weighted by atomic mass is 35.5. The smallest absolute Gasteiger partial charge is 0.261 e. The molecular formula is C25H27Cl2N3O5S2. The Kier molecular flexibility index (Phi) is 9.12. The van der Waals surface area contributed by atoms with Gasteiger partial charge in [0.1, 0.15) is 0 Å². The van der Waals surface area contributed by atoms with Crippen molar-refractivity contribution in [3.05, 3.63) is 81.8 Å². The van der Waals surface area contributed by atoms with Gasteiger partial charge < -0.3 is 5.32 Å². The van der Waals surface area contributed by atoms with Crippen molar-refractivity contribution in [1.29, 1.82) is 0 Å². The van der Waals surface area contributed by atoms with Gasteiger partial charge in [0, 0.05) is 28.7 Å². The number of carbonyl (C=O) groups excluding carboxylic acids is 1. The number of benzene rings is 3. The standard InChI is InChI=1S/C25H27Cl2N3O5S2/c1-17-6-8-19(26)15-23(17)29-37(34,35)22-12-10-21(11-13-22)28-25(31)5-4-14-30(36(3,32)33)24-16-20(27)9-7-18(24)2/h6-13,15-16,29H,4-5,14H2,1-3H3,(H,28,31). The summed E-state index contributed by atoms with van der Waals surface area (Å²) < 4.78 is 53.9. The summed E-state index contributed by atoms with van der Waals surface area (Å²) in [6.45, 7) is 3.64. The lowest BCUT2D eigenvalue weighted by atomic mass is 10.2. The number of nitrogens with one attached hydrogen (secondary N) is 2. The lowest BCUT2D eigenvalue weighted by Gasteiger charge is -2.24. The number of hydrogen-bond acceptors (Lipinski definition) is 5. The van der Waals surface area contributed by atoms with Crippen molar-refractivity contribution >= 4 is 66.2 Å². The first-order valence-corrected chi connectivity index (χ1v) is 15.3. The van der Waals surface area contributed by atoms with Crippen LogP contribution in [0.4, 0.5) is 17.1 Å². The topological polar surface area (TPSA) is 113 Å². The molecule has 2 N–H and O–H groups in total. The molecule has 0 aliphatic heterocycles. The van der Waals surface area contributed by atoms with Gasteiger partial charge in [0.25, 0.3) is 10.0 Å². The molecule has 3 aromatic carbocycles. The van der Waals surface area contributed by atoms with Crippen LogP contribution in [0.3, 0.4) is 0 Å². The zero-order valence-corrected chi connectivity index (χ0v) is 23.6. The molecule has 8 nitrogen and oxygen atoms in total. The van der Waals surface area contributed by atoms with Crippen molar-refractivity contribution in [2.45, 2.75) is 31.6 Å². The van der Waals surface area contributed by atoms with Crippen LogP contribution in [0, 0.1) is 13.8 Å². The minimum Gasteiger partial charge on any atom is -0.326 e. The van der Waals surface area contributed by atoms with Gasteiger partial charge in [-0.1, -0.05) is 35.3 Å². The molecule has 3 rings (SSSR count). The molecular weight excluding hydrogens is 557 g/mol. The van der Waals surface area contributed by atoms with Crippen LogP contribution < -0.4 is 14.3 Å². The Labute approximate surface area is 227 Å². The predicted octanol–water partition coefficient (Wildman–Crippen LogP) is 5.60. The second-order valence-electron chi connectivity index (χ2n) is 8.51. The highest BCUT2D eigenvalue weighted by molar-refractivity contribution is 7.92. The third kappa shape index (κ3) is 7.85. The quantitative estimate of drug-likeness (QED) is 0.322. The fourth-order valence-corrected chi connectivity index (χ4v) is 6.02. The van der Waals surface area contributed by atoms with E-state index in [1.165, 1.54) is 34.6 Å². The number of rotatable bonds is 10. The van der Waals surface area contributed by atoms with E-state index in [1.54, 1.807) is 44.2 Å². The molecule has 0 aliphatic rings. The van der Waals surface area contributed by atoms with Crippen LogP contribution in [0.15, 0.2) is 65.6 Å². The second kappa shape index (κ2) is 11.7. The summed E-state index contributed by atoms with van der Waals surface area (Å²) in [7, 11) is -7.45. The van der Waals surface area contributed by atoms with Crippen LogP contribution in [0.5, 0.6) is 0 Å². The van der Waals surface area contributed by atoms with Gasteiger partial charge in [0.2, 0.25) is 15.9 Å². The molecule has 0 saturated carbocycles. The van der Waals surface area contributed by atoms with Gasteiger partial charge >= 0.3 is 0 Å². The zero-order valence-electron chi connectivity index (χ0n) is 20.5. The summed E-state index contributed by atoms with van der Waals surface area (Å²) in [6.07, 6.45) is 1.42. The Morgan fingerprint density at radius 1 is 0.865 bits per heavy atom. The van der Waals surface area contributed by atoms with Gasteiger partial charge in [-0.25, -0.2) is 16.8 Å². The molecule has 0 unspecified atom stereocenters. The van der Waals surface area contributed by atoms with E-state index in [4.69, 9.17) is 23.2 Å². The summed E-state index contributed by atoms with van der Waals surface area (Å²) in [5, 5.41) is 3.52. The number of aryl methyl sites for hydroxylation is 2. The van der Waals surface area contributed by atoms with Crippen molar-refractivity contribution < 1.29 is 21.6 Å². The van der Waals surface area contributed by atoms with Gasteiger partial charge in [-0.05, 0) is 79.9 Å². The summed E-state index contributed by atoms with van der Waals surface area (Å²) >= 11 is 12.0. The van der Waals surface area contributed by atoms with Crippen LogP contribution in [0.2, 0.25) is 10.0 Å². The summed E-state index contributed by atoms with van der Waals surface area (Å²) in [6, 6.07) is 15.6. The van der Waals surface area contributed by atoms with E-state index in [0.29, 0.717) is 27.1 Å². The number of anilines is 3. The second-order valence-corrected chi connectivity index (χ2v) is 13.0. The largest absolute Gasteiger partial charge is 0.326 e. The van der Waals surface area contributed by atoms with Crippen LogP contribution in [-0.4, -0.2) is 35.5 Å². The molecule has 0 bridgehead atoms. The first-order valence-electron chi connectivity index (χ1n) is 11.2. The molecule has 0 radical (unpaired) electrons. The van der Waals surface area contributed by atoms with Crippen LogP contribution in [0.1, 0.15) is 24.0 Å². The van der Waals surface area contributed by atoms with E-state index >= 15 is 0 Å². The first kappa shape index (κ1) is 28.8. The minimum atomic E-state index is -3.86. The molecule has 0 saturated heterocycles. The Bertz CT molecular complexity index is 1510. The van der Waals surface area contributed by atoms with E-state index in [2.05, 4.69) is 10.0 Å². The molecule has 1 amide bonds. The summed E-state index contributed by atoms with van der Waals surface area (Å²) in [4.78, 5) is 12.5. The molecule has 3 aromatic rings. The van der Waals surface area contributed by atoms with Crippen molar-refractivity contribution in [1.82, 2.24) is 0 Å². The maximum Gasteiger partial charge on any atom is 0.261 e. The lowest BCUT2D eigenvalue weighted by molar-refractivity contribution is -0.116. The fourth-order valence-electron chi connectivity index (χ4n) is 3.55. The van der Waals surface area contributed by atoms with Gasteiger partial charge in [-0.3, -0.25) is 13.8 Å². The number of hydrogen-bond donors (Lipinski definition) is 2. The molecule has 0 heterocycles. The van der Waals surface area contributed by atoms with E-state index < -0.39 is 20.0 Å². The van der Waals surface area contributed by atoms with Gasteiger partial charge in [0.05, 0.1) is 22.5 Å². The lowest BCUT2D eigenvalue weighted by Crippen LogP contribution is -2.32. The normalized spacial score (nSPS) is 11.7. The molecule has 0 atom stereocenters. The third-order valence-corrected chi connectivity index (χ3v) is 8.53. The van der Waals surface area contributed by atoms with Crippen molar-refractivity contribution in [3.8, 4) is 0 Å². The van der Waals surface area contributed by atoms with Crippen molar-refractivity contribution in [3.63, 3.8) is 0 Å². The monoisotopic (exact) mass is 583 g/mol. The molecule has 0 fully saturated rings. The fraction of sp³-hybridized carbons (Fsp3) is 0.240. The number of sulfonamides is 2. The molecule has 198 valence electrons. The number of amides is 1. The first-order chi connectivity index (χ1) is 17.3. The van der Waals surface area contributed by atoms with Crippen molar-refractivity contribution in [2.75, 3.05) is 27.1 Å². The third-order valence-electron chi connectivity index (χ3n) is 5.50. The Balaban J connectivity index is 1.61. The number of nitrogens with zero attached hydrogens (tertiary/aromatic N) is 1. The van der Waals surface area contributed by atoms with E-state index in [1.807, 2.05) is 0 Å². The van der Waals surface area contributed by atoms with Gasteiger partial charge in [-0.15, -0.1) is 0 Å². The zero-order chi connectivity index (χ0) is 27.4. The molecule has 0 aliphatic carbocycles. The van der Waals surface area contributed by atoms with Crippen molar-refractivity contribution in [2.24, 2.45) is 0 Å². The number of halogens is 2. The van der Waals surface area contributed by atoms with Crippen LogP contribution in [0.25, 0.3) is 0 Å². The van der Waals surface area contributed by atoms with Gasteiger partial charge in [0.15, 0.2) is 0 Å². The summed E-state index contributed by atoms with van der Waals surface area (Å²) in [5.74, 6) is -0.334. The molecule has 0 spiro atoms. The minimum absolute atomic E-state index is 0.0190. The number of carbonyl (C=O) groups is 1.